The molecule has 0 aliphatic carbocycles. The largest absolute Gasteiger partial charge is 0.394 e. The number of carbonyl (C=O) groups excluding carboxylic acids is 2. The number of carbonyl (C=O) groups is 2. The Hall–Kier alpha value is -2.32. The van der Waals surface area contributed by atoms with Gasteiger partial charge < -0.3 is 15.7 Å². The number of amides is 2. The monoisotopic (exact) mass is 360 g/mol. The van der Waals surface area contributed by atoms with Crippen molar-refractivity contribution in [1.29, 1.82) is 0 Å². The van der Waals surface area contributed by atoms with E-state index in [2.05, 4.69) is 15.7 Å². The predicted molar refractivity (Wildman–Crippen MR) is 96.5 cm³/mol. The van der Waals surface area contributed by atoms with E-state index in [1.165, 1.54) is 0 Å². The van der Waals surface area contributed by atoms with Gasteiger partial charge in [-0.15, -0.1) is 0 Å². The van der Waals surface area contributed by atoms with Crippen LogP contribution >= 0.6 is 11.8 Å². The number of hydrogen-bond acceptors (Lipinski definition) is 5. The standard InChI is InChI=1S/C17H20N4O3S/c1-2-11(8-22)18-16(23)17(24)19-15-13-9-25-10-14(13)20-21(15)12-6-4-3-5-7-12/h3-7,11,22H,2,8-10H2,1H3,(H,18,23)(H,19,24)/t11-/m0/s1. The summed E-state index contributed by atoms with van der Waals surface area (Å²) in [4.78, 5) is 24.4. The fourth-order valence-electron chi connectivity index (χ4n) is 2.59. The molecule has 3 N–H and O–H groups in total. The van der Waals surface area contributed by atoms with Gasteiger partial charge in [-0.2, -0.15) is 16.9 Å². The van der Waals surface area contributed by atoms with Gasteiger partial charge in [0, 0.05) is 17.1 Å². The van der Waals surface area contributed by atoms with Crippen molar-refractivity contribution in [3.63, 3.8) is 0 Å². The fraction of sp³-hybridized carbons (Fsp3) is 0.353. The Labute approximate surface area is 149 Å². The molecule has 132 valence electrons. The molecule has 1 aromatic carbocycles. The second kappa shape index (κ2) is 7.71. The Balaban J connectivity index is 1.84. The SMILES string of the molecule is CC[C@@H](CO)NC(=O)C(=O)Nc1c2c(nn1-c1ccccc1)CSC2. The van der Waals surface area contributed by atoms with Gasteiger partial charge in [0.25, 0.3) is 0 Å². The number of para-hydroxylation sites is 1. The molecule has 0 fully saturated rings. The molecular formula is C17H20N4O3S. The zero-order valence-electron chi connectivity index (χ0n) is 13.9. The molecule has 0 spiro atoms. The molecule has 0 unspecified atom stereocenters. The van der Waals surface area contributed by atoms with Gasteiger partial charge in [0.2, 0.25) is 0 Å². The van der Waals surface area contributed by atoms with Crippen LogP contribution in [-0.2, 0) is 21.1 Å². The van der Waals surface area contributed by atoms with Crippen molar-refractivity contribution in [3.05, 3.63) is 41.6 Å². The van der Waals surface area contributed by atoms with E-state index < -0.39 is 17.9 Å². The first-order valence-electron chi connectivity index (χ1n) is 8.10. The van der Waals surface area contributed by atoms with Crippen LogP contribution in [0.25, 0.3) is 5.69 Å². The molecule has 2 heterocycles. The molecule has 8 heteroatoms. The van der Waals surface area contributed by atoms with Gasteiger partial charge in [-0.3, -0.25) is 9.59 Å². The molecule has 25 heavy (non-hydrogen) atoms. The highest BCUT2D eigenvalue weighted by molar-refractivity contribution is 7.98. The van der Waals surface area contributed by atoms with Crippen molar-refractivity contribution in [3.8, 4) is 5.69 Å². The molecule has 0 radical (unpaired) electrons. The highest BCUT2D eigenvalue weighted by atomic mass is 32.2. The third-order valence-corrected chi connectivity index (χ3v) is 5.01. The van der Waals surface area contributed by atoms with Crippen LogP contribution in [0.15, 0.2) is 30.3 Å². The van der Waals surface area contributed by atoms with E-state index in [1.807, 2.05) is 37.3 Å². The lowest BCUT2D eigenvalue weighted by atomic mass is 10.2. The Bertz CT molecular complexity index is 772. The zero-order chi connectivity index (χ0) is 17.8. The summed E-state index contributed by atoms with van der Waals surface area (Å²) in [6.07, 6.45) is 0.545. The quantitative estimate of drug-likeness (QED) is 0.701. The molecule has 1 aromatic heterocycles. The number of aliphatic hydroxyl groups excluding tert-OH is 1. The van der Waals surface area contributed by atoms with Crippen molar-refractivity contribution in [2.75, 3.05) is 11.9 Å². The smallest absolute Gasteiger partial charge is 0.314 e. The van der Waals surface area contributed by atoms with Gasteiger partial charge in [0.05, 0.1) is 24.0 Å². The molecule has 2 aromatic rings. The first kappa shape index (κ1) is 17.5. The first-order chi connectivity index (χ1) is 12.1. The highest BCUT2D eigenvalue weighted by Crippen LogP contribution is 2.35. The number of aliphatic hydroxyl groups is 1. The lowest BCUT2D eigenvalue weighted by Crippen LogP contribution is -2.43. The summed E-state index contributed by atoms with van der Waals surface area (Å²) < 4.78 is 1.67. The average Bonchev–Trinajstić information content (AvgIpc) is 3.22. The molecule has 1 aliphatic heterocycles. The van der Waals surface area contributed by atoms with E-state index in [9.17, 15) is 9.59 Å². The second-order valence-corrected chi connectivity index (χ2v) is 6.71. The van der Waals surface area contributed by atoms with E-state index >= 15 is 0 Å². The van der Waals surface area contributed by atoms with Gasteiger partial charge in [0.15, 0.2) is 0 Å². The number of rotatable bonds is 5. The molecule has 0 saturated heterocycles. The van der Waals surface area contributed by atoms with Crippen molar-refractivity contribution in [1.82, 2.24) is 15.1 Å². The van der Waals surface area contributed by atoms with E-state index in [0.717, 1.165) is 28.5 Å². The van der Waals surface area contributed by atoms with E-state index in [1.54, 1.807) is 16.4 Å². The van der Waals surface area contributed by atoms with Crippen LogP contribution in [0.2, 0.25) is 0 Å². The summed E-state index contributed by atoms with van der Waals surface area (Å²) in [6, 6.07) is 9.04. The molecule has 3 rings (SSSR count). The third-order valence-electron chi connectivity index (χ3n) is 4.04. The summed E-state index contributed by atoms with van der Waals surface area (Å²) >= 11 is 1.72. The van der Waals surface area contributed by atoms with Crippen LogP contribution in [0.1, 0.15) is 24.6 Å². The number of aromatic nitrogens is 2. The van der Waals surface area contributed by atoms with Crippen LogP contribution in [0.3, 0.4) is 0 Å². The molecule has 1 aliphatic rings. The third kappa shape index (κ3) is 3.69. The molecule has 7 nitrogen and oxygen atoms in total. The minimum absolute atomic E-state index is 0.205. The van der Waals surface area contributed by atoms with Gasteiger partial charge in [-0.25, -0.2) is 4.68 Å². The van der Waals surface area contributed by atoms with Gasteiger partial charge in [-0.1, -0.05) is 25.1 Å². The summed E-state index contributed by atoms with van der Waals surface area (Å²) in [7, 11) is 0. The maximum atomic E-state index is 12.3. The predicted octanol–water partition coefficient (Wildman–Crippen LogP) is 1.44. The Kier molecular flexibility index (Phi) is 5.40. The first-order valence-corrected chi connectivity index (χ1v) is 9.26. The minimum atomic E-state index is -0.763. The van der Waals surface area contributed by atoms with Crippen molar-refractivity contribution < 1.29 is 14.7 Å². The fourth-order valence-corrected chi connectivity index (χ4v) is 3.62. The summed E-state index contributed by atoms with van der Waals surface area (Å²) in [5.74, 6) is 0.536. The van der Waals surface area contributed by atoms with Crippen molar-refractivity contribution in [2.24, 2.45) is 0 Å². The number of nitrogens with one attached hydrogen (secondary N) is 2. The van der Waals surface area contributed by atoms with E-state index in [-0.39, 0.29) is 6.61 Å². The van der Waals surface area contributed by atoms with Crippen molar-refractivity contribution in [2.45, 2.75) is 30.9 Å². The Morgan fingerprint density at radius 3 is 2.72 bits per heavy atom. The number of anilines is 1. The summed E-state index contributed by atoms with van der Waals surface area (Å²) in [6.45, 7) is 1.62. The lowest BCUT2D eigenvalue weighted by Gasteiger charge is -2.14. The number of fused-ring (bicyclic) bond motifs is 1. The molecule has 2 amide bonds. The van der Waals surface area contributed by atoms with Gasteiger partial charge in [0.1, 0.15) is 5.82 Å². The number of nitrogens with zero attached hydrogens (tertiary/aromatic N) is 2. The minimum Gasteiger partial charge on any atom is -0.394 e. The number of thioether (sulfide) groups is 1. The average molecular weight is 360 g/mol. The number of hydrogen-bond donors (Lipinski definition) is 3. The summed E-state index contributed by atoms with van der Waals surface area (Å²) in [5, 5.41) is 19.0. The van der Waals surface area contributed by atoms with Crippen LogP contribution in [0.4, 0.5) is 5.82 Å². The van der Waals surface area contributed by atoms with Crippen LogP contribution < -0.4 is 10.6 Å². The van der Waals surface area contributed by atoms with Crippen LogP contribution in [0, 0.1) is 0 Å². The van der Waals surface area contributed by atoms with E-state index in [4.69, 9.17) is 5.11 Å². The number of benzene rings is 1. The maximum Gasteiger partial charge on any atom is 0.314 e. The zero-order valence-corrected chi connectivity index (χ0v) is 14.7. The Morgan fingerprint density at radius 1 is 1.28 bits per heavy atom. The van der Waals surface area contributed by atoms with Gasteiger partial charge in [-0.05, 0) is 18.6 Å². The molecule has 0 bridgehead atoms. The van der Waals surface area contributed by atoms with Gasteiger partial charge >= 0.3 is 11.8 Å². The highest BCUT2D eigenvalue weighted by Gasteiger charge is 2.26. The van der Waals surface area contributed by atoms with E-state index in [0.29, 0.717) is 12.2 Å². The molecule has 1 atom stereocenters. The summed E-state index contributed by atoms with van der Waals surface area (Å²) in [5.41, 5.74) is 2.69. The normalized spacial score (nSPS) is 14.0. The molecule has 0 saturated carbocycles. The second-order valence-electron chi connectivity index (χ2n) is 5.73. The lowest BCUT2D eigenvalue weighted by molar-refractivity contribution is -0.136. The topological polar surface area (TPSA) is 96.2 Å². The molecular weight excluding hydrogens is 340 g/mol. The van der Waals surface area contributed by atoms with Crippen LogP contribution in [0.5, 0.6) is 0 Å². The maximum absolute atomic E-state index is 12.3. The van der Waals surface area contributed by atoms with Crippen molar-refractivity contribution >= 4 is 29.4 Å². The Morgan fingerprint density at radius 2 is 2.04 bits per heavy atom. The van der Waals surface area contributed by atoms with Crippen LogP contribution in [-0.4, -0.2) is 39.4 Å².